The van der Waals surface area contributed by atoms with Crippen LogP contribution in [0.5, 0.6) is 0 Å². The molecule has 2 aromatic heterocycles. The number of cyclic esters (lactones) is 1. The Morgan fingerprint density at radius 2 is 1.78 bits per heavy atom. The number of methoxy groups -OCH3 is 1. The monoisotopic (exact) mass is 830 g/mol. The molecule has 15 heteroatoms. The molecule has 0 saturated carbocycles. The van der Waals surface area contributed by atoms with Gasteiger partial charge < -0.3 is 38.3 Å². The number of aromatic nitrogens is 2. The molecule has 0 radical (unpaired) electrons. The van der Waals surface area contributed by atoms with Crippen molar-refractivity contribution in [1.82, 2.24) is 19.4 Å². The molecule has 13 atom stereocenters. The van der Waals surface area contributed by atoms with E-state index in [2.05, 4.69) is 11.6 Å². The van der Waals surface area contributed by atoms with Gasteiger partial charge in [0.2, 0.25) is 0 Å². The van der Waals surface area contributed by atoms with E-state index < -0.39 is 83.4 Å². The molecule has 5 rings (SSSR count). The average Bonchev–Trinajstić information content (AvgIpc) is 3.68. The van der Waals surface area contributed by atoms with Gasteiger partial charge in [-0.15, -0.1) is 0 Å². The lowest BCUT2D eigenvalue weighted by molar-refractivity contribution is -0.295. The molecule has 3 aliphatic rings. The number of likely N-dealkylation sites (N-methyl/N-ethyl adjacent to an activating group) is 1. The number of unbranched alkanes of at least 4 members (excludes halogenated alkanes) is 1. The Hall–Kier alpha value is -3.40. The summed E-state index contributed by atoms with van der Waals surface area (Å²) in [5, 5.41) is 12.0. The summed E-state index contributed by atoms with van der Waals surface area (Å²) in [5.41, 5.74) is -1.28. The van der Waals surface area contributed by atoms with E-state index in [1.807, 2.05) is 48.8 Å². The molecule has 0 bridgehead atoms. The van der Waals surface area contributed by atoms with Gasteiger partial charge >= 0.3 is 12.1 Å². The molecular formula is C43H63ClN4O10. The molecule has 0 aliphatic carbocycles. The Morgan fingerprint density at radius 1 is 1.09 bits per heavy atom. The fraction of sp³-hybridized carbons (Fsp3) is 0.698. The maximum Gasteiger partial charge on any atom is 0.411 e. The minimum absolute atomic E-state index is 0.103. The van der Waals surface area contributed by atoms with Crippen LogP contribution < -0.4 is 0 Å². The van der Waals surface area contributed by atoms with Gasteiger partial charge in [-0.1, -0.05) is 45.9 Å². The molecule has 322 valence electrons. The first-order valence-corrected chi connectivity index (χ1v) is 20.9. The van der Waals surface area contributed by atoms with Crippen molar-refractivity contribution in [2.45, 2.75) is 141 Å². The largest absolute Gasteiger partial charge is 0.457 e. The van der Waals surface area contributed by atoms with Crippen molar-refractivity contribution in [1.29, 1.82) is 0 Å². The number of carbonyl (C=O) groups excluding carboxylic acids is 4. The number of ether oxygens (including phenoxy) is 5. The van der Waals surface area contributed by atoms with Gasteiger partial charge in [-0.3, -0.25) is 24.3 Å². The first kappa shape index (κ1) is 45.7. The highest BCUT2D eigenvalue weighted by Crippen LogP contribution is 2.44. The van der Waals surface area contributed by atoms with Crippen LogP contribution in [0.3, 0.4) is 0 Å². The minimum atomic E-state index is -1.60. The van der Waals surface area contributed by atoms with Crippen LogP contribution in [0.1, 0.15) is 80.6 Å². The summed E-state index contributed by atoms with van der Waals surface area (Å²) < 4.78 is 33.3. The molecule has 0 spiro atoms. The minimum Gasteiger partial charge on any atom is -0.457 e. The van der Waals surface area contributed by atoms with E-state index in [1.165, 1.54) is 20.1 Å². The molecule has 1 N–H and O–H groups in total. The maximum absolute atomic E-state index is 14.8. The molecule has 0 aromatic carbocycles. The molecule has 3 saturated heterocycles. The summed E-state index contributed by atoms with van der Waals surface area (Å²) in [7, 11) is 5.22. The topological polar surface area (TPSA) is 159 Å². The normalized spacial score (nSPS) is 36.8. The average molecular weight is 831 g/mol. The molecule has 14 nitrogen and oxygen atoms in total. The number of carbonyl (C=O) groups is 4. The molecule has 2 aromatic rings. The third kappa shape index (κ3) is 8.74. The van der Waals surface area contributed by atoms with Crippen molar-refractivity contribution in [3.63, 3.8) is 0 Å². The molecule has 1 amide bonds. The van der Waals surface area contributed by atoms with Crippen molar-refractivity contribution >= 4 is 46.3 Å². The number of rotatable bonds is 11. The van der Waals surface area contributed by atoms with Crippen molar-refractivity contribution in [2.24, 2.45) is 23.7 Å². The van der Waals surface area contributed by atoms with E-state index in [9.17, 15) is 24.3 Å². The number of aliphatic hydroxyl groups is 1. The molecule has 3 aliphatic heterocycles. The van der Waals surface area contributed by atoms with Crippen LogP contribution in [0.2, 0.25) is 5.02 Å². The standard InChI is InChI=1S/C43H63ClN4O10/c1-12-32-43(13-2)37(48(41(53)58-43)20-15-14-19-47-23-29(44)33-30(47)17-16-18-45-33)26(5)34(49)24(3)22-42(8,54-11)38(27(6)35(50)28(7)39(52)56-32)57-40-36(51)31(46(9)10)21-25(4)55-40/h13,16-18,23-28,31-32,36-38,40,51H,2,12,14-15,19-22H2,1,3-11H3/t24-,25-,26+,27+,28-,31+,32-,36-,37-,38-,40+,42-,43-/m1/s1. The molecular weight excluding hydrogens is 768 g/mol. The highest BCUT2D eigenvalue weighted by atomic mass is 35.5. The van der Waals surface area contributed by atoms with E-state index >= 15 is 0 Å². The number of aliphatic hydroxyl groups excluding tert-OH is 1. The smallest absolute Gasteiger partial charge is 0.411 e. The number of Topliss-reactive ketones (excluding diaryl/α,β-unsaturated/α-hetero) is 2. The molecule has 3 fully saturated rings. The molecule has 5 heterocycles. The number of hydrogen-bond acceptors (Lipinski definition) is 12. The number of aryl methyl sites for hydroxylation is 1. The first-order chi connectivity index (χ1) is 27.3. The Kier molecular flexibility index (Phi) is 14.5. The summed E-state index contributed by atoms with van der Waals surface area (Å²) >= 11 is 6.44. The van der Waals surface area contributed by atoms with Gasteiger partial charge in [0.1, 0.15) is 29.4 Å². The van der Waals surface area contributed by atoms with Gasteiger partial charge in [-0.2, -0.15) is 0 Å². The highest BCUT2D eigenvalue weighted by molar-refractivity contribution is 6.35. The van der Waals surface area contributed by atoms with Gasteiger partial charge in [0.15, 0.2) is 17.7 Å². The van der Waals surface area contributed by atoms with Gasteiger partial charge in [-0.25, -0.2) is 4.79 Å². The lowest BCUT2D eigenvalue weighted by Gasteiger charge is -2.47. The van der Waals surface area contributed by atoms with Crippen molar-refractivity contribution in [3.8, 4) is 0 Å². The second kappa shape index (κ2) is 18.5. The van der Waals surface area contributed by atoms with Crippen LogP contribution in [-0.2, 0) is 44.6 Å². The first-order valence-electron chi connectivity index (χ1n) is 20.6. The second-order valence-electron chi connectivity index (χ2n) is 17.0. The third-order valence-corrected chi connectivity index (χ3v) is 13.1. The predicted octanol–water partition coefficient (Wildman–Crippen LogP) is 5.84. The van der Waals surface area contributed by atoms with E-state index in [0.717, 1.165) is 5.52 Å². The van der Waals surface area contributed by atoms with Crippen molar-refractivity contribution < 1.29 is 48.0 Å². The summed E-state index contributed by atoms with van der Waals surface area (Å²) in [6.45, 7) is 17.0. The zero-order chi connectivity index (χ0) is 42.9. The molecule has 58 heavy (non-hydrogen) atoms. The number of amides is 1. The Balaban J connectivity index is 1.49. The van der Waals surface area contributed by atoms with E-state index in [1.54, 1.807) is 45.7 Å². The summed E-state index contributed by atoms with van der Waals surface area (Å²) in [5.74, 6) is -5.23. The van der Waals surface area contributed by atoms with E-state index in [4.69, 9.17) is 35.3 Å². The zero-order valence-corrected chi connectivity index (χ0v) is 36.4. The lowest BCUT2D eigenvalue weighted by Crippen LogP contribution is -2.60. The second-order valence-corrected chi connectivity index (χ2v) is 17.4. The summed E-state index contributed by atoms with van der Waals surface area (Å²) in [4.78, 5) is 65.0. The summed E-state index contributed by atoms with van der Waals surface area (Å²) in [6, 6.07) is 2.61. The fourth-order valence-electron chi connectivity index (χ4n) is 9.51. The maximum atomic E-state index is 14.8. The SMILES string of the molecule is C=C[C@]12OC(=O)N(CCCCn3cc(Cl)c4ncccc43)[C@@H]1[C@@H](C)C(=O)[C@H](C)C[C@@](C)(OC)[C@H](O[C@@H]1O[C@H](C)C[C@H](N(C)C)[C@H]1O)[C@@H](C)C(=O)[C@@H](C)C(=O)O[C@@H]2CC. The number of esters is 1. The van der Waals surface area contributed by atoms with E-state index in [-0.39, 0.29) is 37.3 Å². The number of hydrogen-bond donors (Lipinski definition) is 1. The van der Waals surface area contributed by atoms with Crippen LogP contribution >= 0.6 is 11.6 Å². The van der Waals surface area contributed by atoms with Crippen LogP contribution in [-0.4, -0.2) is 130 Å². The Labute approximate surface area is 347 Å². The number of halogens is 1. The van der Waals surface area contributed by atoms with Gasteiger partial charge in [0, 0.05) is 56.4 Å². The van der Waals surface area contributed by atoms with Gasteiger partial charge in [0.25, 0.3) is 0 Å². The van der Waals surface area contributed by atoms with Crippen LogP contribution in [0.15, 0.2) is 37.2 Å². The molecule has 0 unspecified atom stereocenters. The number of nitrogens with zero attached hydrogens (tertiary/aromatic N) is 4. The van der Waals surface area contributed by atoms with Crippen molar-refractivity contribution in [2.75, 3.05) is 27.7 Å². The summed E-state index contributed by atoms with van der Waals surface area (Å²) in [6.07, 6.45) is 1.83. The number of pyridine rings is 1. The predicted molar refractivity (Wildman–Crippen MR) is 218 cm³/mol. The van der Waals surface area contributed by atoms with Crippen LogP contribution in [0, 0.1) is 23.7 Å². The highest BCUT2D eigenvalue weighted by Gasteiger charge is 2.61. The fourth-order valence-corrected chi connectivity index (χ4v) is 9.78. The van der Waals surface area contributed by atoms with Crippen LogP contribution in [0.25, 0.3) is 11.0 Å². The lowest BCUT2D eigenvalue weighted by atomic mass is 9.72. The Morgan fingerprint density at radius 3 is 2.41 bits per heavy atom. The zero-order valence-electron chi connectivity index (χ0n) is 35.7. The quantitative estimate of drug-likeness (QED) is 0.125. The number of ketones is 2. The van der Waals surface area contributed by atoms with Gasteiger partial charge in [-0.05, 0) is 85.2 Å². The van der Waals surface area contributed by atoms with Crippen LogP contribution in [0.4, 0.5) is 4.79 Å². The van der Waals surface area contributed by atoms with Crippen molar-refractivity contribution in [3.05, 3.63) is 42.2 Å². The Bertz CT molecular complexity index is 1820. The third-order valence-electron chi connectivity index (χ3n) is 12.8. The number of fused-ring (bicyclic) bond motifs is 2. The van der Waals surface area contributed by atoms with Gasteiger partial charge in [0.05, 0.1) is 34.4 Å². The van der Waals surface area contributed by atoms with E-state index in [0.29, 0.717) is 36.3 Å².